The molecule has 0 unspecified atom stereocenters. The highest BCUT2D eigenvalue weighted by molar-refractivity contribution is 5.91. The van der Waals surface area contributed by atoms with Crippen LogP contribution in [0.15, 0.2) is 45.8 Å². The molecule has 14 heteroatoms. The smallest absolute Gasteiger partial charge is 0.317 e. The summed E-state index contributed by atoms with van der Waals surface area (Å²) in [5, 5.41) is 59.7. The van der Waals surface area contributed by atoms with Crippen molar-refractivity contribution in [2.24, 2.45) is 0 Å². The molecule has 14 nitrogen and oxygen atoms in total. The number of carboxylic acid groups (broad SMARTS) is 1. The Morgan fingerprint density at radius 1 is 1.03 bits per heavy atom. The minimum absolute atomic E-state index is 0.0133. The summed E-state index contributed by atoms with van der Waals surface area (Å²) in [5.41, 5.74) is -0.277. The second-order valence-corrected chi connectivity index (χ2v) is 8.54. The molecule has 1 saturated heterocycles. The van der Waals surface area contributed by atoms with Crippen LogP contribution < -0.4 is 14.9 Å². The van der Waals surface area contributed by atoms with E-state index in [1.54, 1.807) is 0 Å². The second-order valence-electron chi connectivity index (χ2n) is 8.54. The van der Waals surface area contributed by atoms with E-state index in [4.69, 9.17) is 28.5 Å². The van der Waals surface area contributed by atoms with Crippen LogP contribution in [0, 0.1) is 0 Å². The van der Waals surface area contributed by atoms with Crippen molar-refractivity contribution in [3.05, 3.63) is 46.8 Å². The molecule has 2 aromatic carbocycles. The molecular weight excluding hydrogens is 524 g/mol. The van der Waals surface area contributed by atoms with E-state index < -0.39 is 66.9 Å². The zero-order valence-corrected chi connectivity index (χ0v) is 20.2. The summed E-state index contributed by atoms with van der Waals surface area (Å²) in [6, 6.07) is 6.88. The Hall–Kier alpha value is -4.37. The topological polar surface area (TPSA) is 223 Å². The normalized spacial score (nSPS) is 22.8. The number of aliphatic hydroxyl groups excluding tert-OH is 3. The van der Waals surface area contributed by atoms with E-state index in [9.17, 15) is 39.9 Å². The SMILES string of the molecule is COc1c(O[C@@H]2O[C@H](COC(=O)CC(=O)O)[C@@H](O)[C@H](O)[C@H]2O)cc2occ(-c3ccc(O)cc3)c(=O)c2c1O. The number of ether oxygens (including phenoxy) is 4. The van der Waals surface area contributed by atoms with Crippen LogP contribution in [-0.4, -0.2) is 87.0 Å². The van der Waals surface area contributed by atoms with Crippen LogP contribution in [0.4, 0.5) is 0 Å². The number of carboxylic acids is 1. The fourth-order valence-corrected chi connectivity index (χ4v) is 3.98. The predicted molar refractivity (Wildman–Crippen MR) is 128 cm³/mol. The van der Waals surface area contributed by atoms with Gasteiger partial charge in [-0.1, -0.05) is 12.1 Å². The van der Waals surface area contributed by atoms with E-state index in [-0.39, 0.29) is 33.8 Å². The lowest BCUT2D eigenvalue weighted by Gasteiger charge is -2.40. The molecule has 3 aromatic rings. The second kappa shape index (κ2) is 11.2. The van der Waals surface area contributed by atoms with Crippen molar-refractivity contribution in [3.8, 4) is 34.1 Å². The minimum atomic E-state index is -1.84. The van der Waals surface area contributed by atoms with Crippen molar-refractivity contribution in [2.75, 3.05) is 13.7 Å². The Balaban J connectivity index is 1.64. The molecule has 1 aromatic heterocycles. The van der Waals surface area contributed by atoms with Crippen molar-refractivity contribution in [1.29, 1.82) is 0 Å². The van der Waals surface area contributed by atoms with Crippen LogP contribution in [0.3, 0.4) is 0 Å². The zero-order chi connectivity index (χ0) is 28.4. The van der Waals surface area contributed by atoms with Gasteiger partial charge in [0.05, 0.1) is 12.7 Å². The van der Waals surface area contributed by atoms with Gasteiger partial charge in [0.15, 0.2) is 11.5 Å². The monoisotopic (exact) mass is 548 g/mol. The maximum atomic E-state index is 13.2. The highest BCUT2D eigenvalue weighted by atomic mass is 16.7. The van der Waals surface area contributed by atoms with Crippen molar-refractivity contribution in [3.63, 3.8) is 0 Å². The number of aliphatic hydroxyl groups is 3. The first kappa shape index (κ1) is 27.7. The Kier molecular flexibility index (Phi) is 7.92. The van der Waals surface area contributed by atoms with Gasteiger partial charge < -0.3 is 54.0 Å². The number of esters is 1. The lowest BCUT2D eigenvalue weighted by Crippen LogP contribution is -2.60. The number of hydrogen-bond donors (Lipinski definition) is 6. The Bertz CT molecular complexity index is 1430. The van der Waals surface area contributed by atoms with Gasteiger partial charge in [-0.25, -0.2) is 0 Å². The number of aromatic hydroxyl groups is 2. The van der Waals surface area contributed by atoms with Gasteiger partial charge >= 0.3 is 11.9 Å². The molecule has 0 saturated carbocycles. The van der Waals surface area contributed by atoms with Gasteiger partial charge in [0, 0.05) is 6.07 Å². The standard InChI is InChI=1S/C25H24O14/c1-35-24-14(38-25-23(34)22(33)20(31)15(39-25)9-37-17(29)7-16(27)28)6-13-18(21(24)32)19(30)12(8-36-13)10-2-4-11(26)5-3-10/h2-6,8,15,20,22-23,25-26,31-34H,7,9H2,1H3,(H,27,28)/t15-,20-,22+,23-,25-/m1/s1. The molecule has 0 radical (unpaired) electrons. The number of methoxy groups -OCH3 is 1. The molecule has 0 bridgehead atoms. The first-order chi connectivity index (χ1) is 18.5. The number of phenols is 2. The van der Waals surface area contributed by atoms with Gasteiger partial charge in [0.2, 0.25) is 17.5 Å². The van der Waals surface area contributed by atoms with Gasteiger partial charge in [-0.3, -0.25) is 14.4 Å². The van der Waals surface area contributed by atoms with E-state index in [2.05, 4.69) is 0 Å². The first-order valence-corrected chi connectivity index (χ1v) is 11.4. The highest BCUT2D eigenvalue weighted by Crippen LogP contribution is 2.43. The van der Waals surface area contributed by atoms with Crippen LogP contribution in [0.25, 0.3) is 22.1 Å². The number of rotatable bonds is 8. The fourth-order valence-electron chi connectivity index (χ4n) is 3.98. The molecule has 5 atom stereocenters. The molecule has 2 heterocycles. The van der Waals surface area contributed by atoms with Crippen LogP contribution in [0.2, 0.25) is 0 Å². The van der Waals surface area contributed by atoms with Gasteiger partial charge in [-0.2, -0.15) is 0 Å². The largest absolute Gasteiger partial charge is 0.508 e. The van der Waals surface area contributed by atoms with Crippen LogP contribution >= 0.6 is 0 Å². The predicted octanol–water partition coefficient (Wildman–Crippen LogP) is 0.0841. The molecule has 208 valence electrons. The number of carbonyl (C=O) groups excluding carboxylic acids is 1. The first-order valence-electron chi connectivity index (χ1n) is 11.4. The molecule has 1 aliphatic heterocycles. The fraction of sp³-hybridized carbons (Fsp3) is 0.320. The molecule has 0 spiro atoms. The summed E-state index contributed by atoms with van der Waals surface area (Å²) in [5.74, 6) is -3.87. The summed E-state index contributed by atoms with van der Waals surface area (Å²) in [4.78, 5) is 35.4. The number of carbonyl (C=O) groups is 2. The van der Waals surface area contributed by atoms with Crippen LogP contribution in [0.1, 0.15) is 6.42 Å². The number of fused-ring (bicyclic) bond motifs is 1. The van der Waals surface area contributed by atoms with Crippen molar-refractivity contribution < 1.29 is 63.6 Å². The Morgan fingerprint density at radius 2 is 1.72 bits per heavy atom. The van der Waals surface area contributed by atoms with E-state index in [1.807, 2.05) is 0 Å². The zero-order valence-electron chi connectivity index (χ0n) is 20.2. The highest BCUT2D eigenvalue weighted by Gasteiger charge is 2.46. The summed E-state index contributed by atoms with van der Waals surface area (Å²) < 4.78 is 26.6. The summed E-state index contributed by atoms with van der Waals surface area (Å²) in [6.07, 6.45) is -8.35. The van der Waals surface area contributed by atoms with Crippen molar-refractivity contribution in [1.82, 2.24) is 0 Å². The molecule has 0 aliphatic carbocycles. The van der Waals surface area contributed by atoms with E-state index in [1.165, 1.54) is 37.4 Å². The van der Waals surface area contributed by atoms with Crippen molar-refractivity contribution >= 4 is 22.9 Å². The van der Waals surface area contributed by atoms with Gasteiger partial charge in [-0.05, 0) is 17.7 Å². The molecule has 6 N–H and O–H groups in total. The number of hydrogen-bond acceptors (Lipinski definition) is 13. The molecular formula is C25H24O14. The number of aliphatic carboxylic acids is 1. The quantitative estimate of drug-likeness (QED) is 0.162. The van der Waals surface area contributed by atoms with Crippen molar-refractivity contribution in [2.45, 2.75) is 37.1 Å². The van der Waals surface area contributed by atoms with E-state index in [0.717, 1.165) is 6.26 Å². The summed E-state index contributed by atoms with van der Waals surface area (Å²) in [6.45, 7) is -0.675. The Morgan fingerprint density at radius 3 is 2.36 bits per heavy atom. The minimum Gasteiger partial charge on any atom is -0.508 e. The van der Waals surface area contributed by atoms with Crippen LogP contribution in [0.5, 0.6) is 23.0 Å². The summed E-state index contributed by atoms with van der Waals surface area (Å²) >= 11 is 0. The molecule has 1 aliphatic rings. The van der Waals surface area contributed by atoms with Crippen LogP contribution in [-0.2, 0) is 19.1 Å². The van der Waals surface area contributed by atoms with E-state index >= 15 is 0 Å². The van der Waals surface area contributed by atoms with Gasteiger partial charge in [0.25, 0.3) is 0 Å². The average molecular weight is 548 g/mol. The lowest BCUT2D eigenvalue weighted by molar-refractivity contribution is -0.278. The third-order valence-corrected chi connectivity index (χ3v) is 5.96. The molecule has 4 rings (SSSR count). The number of benzene rings is 2. The Labute approximate surface area is 218 Å². The summed E-state index contributed by atoms with van der Waals surface area (Å²) in [7, 11) is 1.17. The van der Waals surface area contributed by atoms with Gasteiger partial charge in [-0.15, -0.1) is 0 Å². The van der Waals surface area contributed by atoms with E-state index in [0.29, 0.717) is 5.56 Å². The lowest BCUT2D eigenvalue weighted by atomic mass is 9.99. The van der Waals surface area contributed by atoms with Gasteiger partial charge in [0.1, 0.15) is 60.4 Å². The average Bonchev–Trinajstić information content (AvgIpc) is 2.88. The third-order valence-electron chi connectivity index (χ3n) is 5.96. The maximum absolute atomic E-state index is 13.2. The molecule has 39 heavy (non-hydrogen) atoms. The third kappa shape index (κ3) is 5.58. The maximum Gasteiger partial charge on any atom is 0.317 e. The molecule has 0 amide bonds. The number of phenolic OH excluding ortho intramolecular Hbond substituents is 2. The molecule has 1 fully saturated rings.